The highest BCUT2D eigenvalue weighted by Crippen LogP contribution is 2.21. The molecule has 3 aromatic rings. The van der Waals surface area contributed by atoms with E-state index in [-0.39, 0.29) is 0 Å². The molecule has 1 saturated heterocycles. The molecule has 2 N–H and O–H groups in total. The van der Waals surface area contributed by atoms with Crippen molar-refractivity contribution in [3.05, 3.63) is 71.1 Å². The molecule has 10 heteroatoms. The van der Waals surface area contributed by atoms with Crippen molar-refractivity contribution in [3.63, 3.8) is 0 Å². The maximum absolute atomic E-state index is 6.26. The average Bonchev–Trinajstić information content (AvgIpc) is 2.80. The van der Waals surface area contributed by atoms with E-state index in [1.165, 1.54) is 0 Å². The summed E-state index contributed by atoms with van der Waals surface area (Å²) >= 11 is 11.8. The fraction of sp³-hybridized carbons (Fsp3) is 0.261. The van der Waals surface area contributed by atoms with Gasteiger partial charge in [-0.3, -0.25) is 5.32 Å². The van der Waals surface area contributed by atoms with Gasteiger partial charge in [0, 0.05) is 43.8 Å². The summed E-state index contributed by atoms with van der Waals surface area (Å²) in [5.41, 5.74) is 2.46. The number of nitrogens with zero attached hydrogens (tertiary/aromatic N) is 6. The summed E-state index contributed by atoms with van der Waals surface area (Å²) in [5.74, 6) is 2.04. The van der Waals surface area contributed by atoms with Crippen LogP contribution >= 0.6 is 23.8 Å². The topological polar surface area (TPSA) is 81.6 Å². The highest BCUT2D eigenvalue weighted by Gasteiger charge is 2.22. The van der Waals surface area contributed by atoms with E-state index in [1.807, 2.05) is 62.5 Å². The maximum atomic E-state index is 6.26. The highest BCUT2D eigenvalue weighted by atomic mass is 35.5. The standard InChI is InChI=1S/C23H25ClN8S/c1-16-15-17(2)27-21(26-16)29-22(30-23(33)28-19-8-4-3-7-18(19)24)32-13-11-31(12-14-32)20-9-5-6-10-25-20/h3-10,15H,11-14H2,1-2H3,(H2,26,27,28,29,30,33). The number of nitrogens with one attached hydrogen (secondary N) is 2. The summed E-state index contributed by atoms with van der Waals surface area (Å²) in [5, 5.41) is 7.25. The molecule has 1 aliphatic heterocycles. The number of aliphatic imine (C=N–C) groups is 1. The lowest BCUT2D eigenvalue weighted by Gasteiger charge is -2.36. The van der Waals surface area contributed by atoms with E-state index in [0.29, 0.717) is 27.7 Å². The first-order valence-electron chi connectivity index (χ1n) is 10.6. The zero-order valence-corrected chi connectivity index (χ0v) is 20.1. The van der Waals surface area contributed by atoms with E-state index in [1.54, 1.807) is 6.07 Å². The number of anilines is 3. The first-order chi connectivity index (χ1) is 16.0. The van der Waals surface area contributed by atoms with Gasteiger partial charge in [-0.25, -0.2) is 15.0 Å². The molecule has 0 atom stereocenters. The van der Waals surface area contributed by atoms with Crippen LogP contribution in [0.15, 0.2) is 59.7 Å². The number of pyridine rings is 1. The van der Waals surface area contributed by atoms with Crippen molar-refractivity contribution >= 4 is 52.3 Å². The van der Waals surface area contributed by atoms with Gasteiger partial charge in [-0.05, 0) is 56.4 Å². The molecule has 2 aromatic heterocycles. The van der Waals surface area contributed by atoms with Crippen LogP contribution in [-0.2, 0) is 0 Å². The summed E-state index contributed by atoms with van der Waals surface area (Å²) < 4.78 is 0. The third kappa shape index (κ3) is 6.15. The molecular weight excluding hydrogens is 456 g/mol. The fourth-order valence-electron chi connectivity index (χ4n) is 3.55. The molecule has 0 bridgehead atoms. The zero-order valence-electron chi connectivity index (χ0n) is 18.5. The average molecular weight is 481 g/mol. The number of benzene rings is 1. The molecule has 0 aliphatic carbocycles. The molecule has 0 amide bonds. The van der Waals surface area contributed by atoms with Crippen LogP contribution in [0.25, 0.3) is 0 Å². The SMILES string of the molecule is Cc1cc(C)nc(N/C(=N/C(=S)Nc2ccccc2Cl)N2CCN(c3ccccn3)CC2)n1. The van der Waals surface area contributed by atoms with Crippen LogP contribution in [0, 0.1) is 13.8 Å². The predicted molar refractivity (Wildman–Crippen MR) is 138 cm³/mol. The van der Waals surface area contributed by atoms with E-state index >= 15 is 0 Å². The van der Waals surface area contributed by atoms with Gasteiger partial charge >= 0.3 is 0 Å². The smallest absolute Gasteiger partial charge is 0.229 e. The van der Waals surface area contributed by atoms with Gasteiger partial charge < -0.3 is 15.1 Å². The Balaban J connectivity index is 1.54. The van der Waals surface area contributed by atoms with E-state index in [4.69, 9.17) is 23.8 Å². The molecule has 8 nitrogen and oxygen atoms in total. The minimum absolute atomic E-state index is 0.294. The quantitative estimate of drug-likeness (QED) is 0.329. The van der Waals surface area contributed by atoms with Crippen molar-refractivity contribution < 1.29 is 0 Å². The summed E-state index contributed by atoms with van der Waals surface area (Å²) in [6, 6.07) is 15.3. The van der Waals surface area contributed by atoms with Crippen LogP contribution in [0.5, 0.6) is 0 Å². The number of hydrogen-bond acceptors (Lipinski definition) is 5. The van der Waals surface area contributed by atoms with Crippen molar-refractivity contribution in [2.75, 3.05) is 41.7 Å². The molecule has 33 heavy (non-hydrogen) atoms. The van der Waals surface area contributed by atoms with Crippen LogP contribution < -0.4 is 15.5 Å². The lowest BCUT2D eigenvalue weighted by Crippen LogP contribution is -2.51. The van der Waals surface area contributed by atoms with E-state index in [0.717, 1.165) is 43.4 Å². The van der Waals surface area contributed by atoms with Gasteiger partial charge in [0.25, 0.3) is 0 Å². The van der Waals surface area contributed by atoms with Crippen LogP contribution in [0.4, 0.5) is 17.5 Å². The fourth-order valence-corrected chi connectivity index (χ4v) is 3.93. The first kappa shape index (κ1) is 22.9. The van der Waals surface area contributed by atoms with Gasteiger partial charge in [0.1, 0.15) is 5.82 Å². The van der Waals surface area contributed by atoms with E-state index in [2.05, 4.69) is 40.4 Å². The minimum atomic E-state index is 0.294. The molecule has 3 heterocycles. The second-order valence-electron chi connectivity index (χ2n) is 7.61. The third-order valence-corrected chi connectivity index (χ3v) is 5.60. The van der Waals surface area contributed by atoms with Crippen LogP contribution in [-0.4, -0.2) is 57.1 Å². The number of aromatic nitrogens is 3. The first-order valence-corrected chi connectivity index (χ1v) is 11.4. The van der Waals surface area contributed by atoms with Crippen LogP contribution in [0.1, 0.15) is 11.4 Å². The Morgan fingerprint density at radius 3 is 2.33 bits per heavy atom. The molecule has 1 aliphatic rings. The lowest BCUT2D eigenvalue weighted by molar-refractivity contribution is 0.384. The number of halogens is 1. The highest BCUT2D eigenvalue weighted by molar-refractivity contribution is 7.80. The van der Waals surface area contributed by atoms with Crippen molar-refractivity contribution in [2.45, 2.75) is 13.8 Å². The Bertz CT molecular complexity index is 1130. The molecule has 0 unspecified atom stereocenters. The second-order valence-corrected chi connectivity index (χ2v) is 8.40. The Hall–Kier alpha value is -3.30. The van der Waals surface area contributed by atoms with Crippen molar-refractivity contribution in [1.29, 1.82) is 0 Å². The van der Waals surface area contributed by atoms with Crippen LogP contribution in [0.2, 0.25) is 5.02 Å². The Morgan fingerprint density at radius 2 is 1.67 bits per heavy atom. The van der Waals surface area contributed by atoms with Gasteiger partial charge in [-0.2, -0.15) is 4.99 Å². The monoisotopic (exact) mass is 480 g/mol. The largest absolute Gasteiger partial charge is 0.353 e. The van der Waals surface area contributed by atoms with Gasteiger partial charge in [0.15, 0.2) is 0 Å². The molecule has 1 aromatic carbocycles. The normalized spacial score (nSPS) is 14.2. The molecule has 170 valence electrons. The molecule has 4 rings (SSSR count). The summed E-state index contributed by atoms with van der Waals surface area (Å²) in [6.45, 7) is 6.95. The third-order valence-electron chi connectivity index (χ3n) is 5.08. The lowest BCUT2D eigenvalue weighted by atomic mass is 10.3. The van der Waals surface area contributed by atoms with Crippen molar-refractivity contribution in [3.8, 4) is 0 Å². The van der Waals surface area contributed by atoms with Gasteiger partial charge in [0.2, 0.25) is 17.0 Å². The number of aryl methyl sites for hydroxylation is 2. The summed E-state index contributed by atoms with van der Waals surface area (Å²) in [6.07, 6.45) is 1.81. The Morgan fingerprint density at radius 1 is 0.970 bits per heavy atom. The van der Waals surface area contributed by atoms with E-state index in [9.17, 15) is 0 Å². The van der Waals surface area contributed by atoms with Crippen LogP contribution in [0.3, 0.4) is 0 Å². The molecule has 0 spiro atoms. The summed E-state index contributed by atoms with van der Waals surface area (Å²) in [7, 11) is 0. The molecule has 0 radical (unpaired) electrons. The molecule has 1 fully saturated rings. The van der Waals surface area contributed by atoms with Crippen molar-refractivity contribution in [2.24, 2.45) is 4.99 Å². The van der Waals surface area contributed by atoms with Gasteiger partial charge in [-0.15, -0.1) is 0 Å². The number of rotatable bonds is 3. The number of guanidine groups is 1. The molecule has 0 saturated carbocycles. The predicted octanol–water partition coefficient (Wildman–Crippen LogP) is 4.13. The van der Waals surface area contributed by atoms with E-state index < -0.39 is 0 Å². The summed E-state index contributed by atoms with van der Waals surface area (Å²) in [4.78, 5) is 22.5. The van der Waals surface area contributed by atoms with Gasteiger partial charge in [0.05, 0.1) is 10.7 Å². The Labute approximate surface area is 203 Å². The number of hydrogen-bond donors (Lipinski definition) is 2. The van der Waals surface area contributed by atoms with Gasteiger partial charge in [-0.1, -0.05) is 29.8 Å². The number of para-hydroxylation sites is 1. The minimum Gasteiger partial charge on any atom is -0.353 e. The second kappa shape index (κ2) is 10.5. The number of piperazine rings is 1. The molecular formula is C23H25ClN8S. The number of thiocarbonyl (C=S) groups is 1. The maximum Gasteiger partial charge on any atom is 0.229 e. The Kier molecular flexibility index (Phi) is 7.31. The van der Waals surface area contributed by atoms with Crippen molar-refractivity contribution in [1.82, 2.24) is 19.9 Å². The zero-order chi connectivity index (χ0) is 23.2.